The Morgan fingerprint density at radius 2 is 1.89 bits per heavy atom. The highest BCUT2D eigenvalue weighted by Gasteiger charge is 2.25. The lowest BCUT2D eigenvalue weighted by molar-refractivity contribution is 0.0701. The highest BCUT2D eigenvalue weighted by molar-refractivity contribution is 14.1. The van der Waals surface area contributed by atoms with Gasteiger partial charge >= 0.3 is 0 Å². The molecule has 0 bridgehead atoms. The van der Waals surface area contributed by atoms with Crippen LogP contribution in [0.1, 0.15) is 23.2 Å². The van der Waals surface area contributed by atoms with E-state index in [1.807, 2.05) is 22.6 Å². The van der Waals surface area contributed by atoms with Crippen molar-refractivity contribution in [1.29, 1.82) is 0 Å². The minimum absolute atomic E-state index is 0.151. The maximum Gasteiger partial charge on any atom is 0.255 e. The van der Waals surface area contributed by atoms with Gasteiger partial charge in [-0.15, -0.1) is 0 Å². The van der Waals surface area contributed by atoms with Crippen molar-refractivity contribution in [3.63, 3.8) is 0 Å². The molecular formula is C13H15F2IN2O. The molecule has 1 aromatic rings. The lowest BCUT2D eigenvalue weighted by atomic mass is 10.0. The molecule has 1 amide bonds. The van der Waals surface area contributed by atoms with E-state index in [1.165, 1.54) is 0 Å². The first-order valence-electron chi connectivity index (χ1n) is 6.13. The number of nitrogens with zero attached hydrogens (tertiary/aromatic N) is 1. The second-order valence-corrected chi connectivity index (χ2v) is 5.81. The molecule has 1 aliphatic heterocycles. The lowest BCUT2D eigenvalue weighted by Gasteiger charge is -2.32. The Morgan fingerprint density at radius 1 is 1.32 bits per heavy atom. The number of carbonyl (C=O) groups excluding carboxylic acids is 1. The van der Waals surface area contributed by atoms with Gasteiger partial charge in [0, 0.05) is 16.7 Å². The first kappa shape index (κ1) is 14.6. The Hall–Kier alpha value is -0.760. The molecule has 0 radical (unpaired) electrons. The van der Waals surface area contributed by atoms with E-state index in [0.717, 1.165) is 38.1 Å². The number of benzene rings is 1. The van der Waals surface area contributed by atoms with Gasteiger partial charge in [0.1, 0.15) is 0 Å². The summed E-state index contributed by atoms with van der Waals surface area (Å²) in [6.07, 6.45) is 1.75. The maximum atomic E-state index is 13.3. The quantitative estimate of drug-likeness (QED) is 0.632. The number of hydrogen-bond acceptors (Lipinski definition) is 2. The van der Waals surface area contributed by atoms with Crippen LogP contribution in [0.25, 0.3) is 0 Å². The molecule has 1 N–H and O–H groups in total. The van der Waals surface area contributed by atoms with E-state index in [1.54, 1.807) is 11.9 Å². The van der Waals surface area contributed by atoms with Gasteiger partial charge in [0.15, 0.2) is 11.6 Å². The number of piperidine rings is 1. The van der Waals surface area contributed by atoms with Crippen LogP contribution in [-0.2, 0) is 0 Å². The van der Waals surface area contributed by atoms with Crippen LogP contribution >= 0.6 is 22.6 Å². The summed E-state index contributed by atoms with van der Waals surface area (Å²) in [5.74, 6) is -2.16. The zero-order valence-corrected chi connectivity index (χ0v) is 12.7. The molecule has 0 aromatic heterocycles. The van der Waals surface area contributed by atoms with E-state index < -0.39 is 11.6 Å². The fourth-order valence-corrected chi connectivity index (χ4v) is 2.90. The molecule has 2 rings (SSSR count). The standard InChI is InChI=1S/C13H15F2IN2O/c1-18(8-2-4-17-5-3-8)13(19)9-6-10(14)11(15)7-12(9)16/h6-8,17H,2-5H2,1H3. The number of amides is 1. The average Bonchev–Trinajstić information content (AvgIpc) is 2.42. The molecule has 19 heavy (non-hydrogen) atoms. The molecule has 0 spiro atoms. The molecule has 104 valence electrons. The van der Waals surface area contributed by atoms with Gasteiger partial charge < -0.3 is 10.2 Å². The third kappa shape index (κ3) is 3.22. The van der Waals surface area contributed by atoms with Crippen LogP contribution in [0.4, 0.5) is 8.78 Å². The Kier molecular flexibility index (Phi) is 4.72. The normalized spacial score (nSPS) is 16.4. The van der Waals surface area contributed by atoms with Gasteiger partial charge in [-0.25, -0.2) is 8.78 Å². The molecule has 3 nitrogen and oxygen atoms in total. The van der Waals surface area contributed by atoms with E-state index >= 15 is 0 Å². The van der Waals surface area contributed by atoms with Crippen LogP contribution in [0.15, 0.2) is 12.1 Å². The predicted octanol–water partition coefficient (Wildman–Crippen LogP) is 2.39. The van der Waals surface area contributed by atoms with Crippen LogP contribution in [0.3, 0.4) is 0 Å². The van der Waals surface area contributed by atoms with Gasteiger partial charge in [0.05, 0.1) is 5.56 Å². The molecular weight excluding hydrogens is 365 g/mol. The molecule has 1 aromatic carbocycles. The van der Waals surface area contributed by atoms with Gasteiger partial charge in [-0.05, 0) is 60.7 Å². The van der Waals surface area contributed by atoms with Crippen LogP contribution in [0.5, 0.6) is 0 Å². The van der Waals surface area contributed by atoms with Gasteiger partial charge in [-0.2, -0.15) is 0 Å². The van der Waals surface area contributed by atoms with Gasteiger partial charge in [0.2, 0.25) is 0 Å². The summed E-state index contributed by atoms with van der Waals surface area (Å²) < 4.78 is 26.8. The first-order valence-corrected chi connectivity index (χ1v) is 7.21. The van der Waals surface area contributed by atoms with Crippen LogP contribution in [-0.4, -0.2) is 37.0 Å². The number of rotatable bonds is 2. The van der Waals surface area contributed by atoms with Crippen molar-refractivity contribution in [2.75, 3.05) is 20.1 Å². The molecule has 0 atom stereocenters. The largest absolute Gasteiger partial charge is 0.339 e. The highest BCUT2D eigenvalue weighted by atomic mass is 127. The van der Waals surface area contributed by atoms with Crippen molar-refractivity contribution in [1.82, 2.24) is 10.2 Å². The zero-order chi connectivity index (χ0) is 14.0. The van der Waals surface area contributed by atoms with Crippen LogP contribution in [0.2, 0.25) is 0 Å². The Bertz CT molecular complexity index is 490. The summed E-state index contributed by atoms with van der Waals surface area (Å²) >= 11 is 1.86. The molecule has 6 heteroatoms. The van der Waals surface area contributed by atoms with Crippen molar-refractivity contribution < 1.29 is 13.6 Å². The SMILES string of the molecule is CN(C(=O)c1cc(F)c(F)cc1I)C1CCNCC1. The molecule has 0 unspecified atom stereocenters. The van der Waals surface area contributed by atoms with E-state index in [-0.39, 0.29) is 17.5 Å². The number of nitrogens with one attached hydrogen (secondary N) is 1. The van der Waals surface area contributed by atoms with Crippen molar-refractivity contribution >= 4 is 28.5 Å². The number of halogens is 3. The number of carbonyl (C=O) groups is 1. The highest BCUT2D eigenvalue weighted by Crippen LogP contribution is 2.20. The van der Waals surface area contributed by atoms with E-state index in [4.69, 9.17) is 0 Å². The van der Waals surface area contributed by atoms with Gasteiger partial charge in [-0.1, -0.05) is 0 Å². The zero-order valence-electron chi connectivity index (χ0n) is 10.5. The van der Waals surface area contributed by atoms with E-state index in [2.05, 4.69) is 5.32 Å². The third-order valence-electron chi connectivity index (χ3n) is 3.42. The molecule has 1 heterocycles. The fourth-order valence-electron chi connectivity index (χ4n) is 2.24. The van der Waals surface area contributed by atoms with E-state index in [0.29, 0.717) is 3.57 Å². The summed E-state index contributed by atoms with van der Waals surface area (Å²) in [4.78, 5) is 14.0. The smallest absolute Gasteiger partial charge is 0.255 e. The van der Waals surface area contributed by atoms with Crippen molar-refractivity contribution in [3.8, 4) is 0 Å². The summed E-state index contributed by atoms with van der Waals surface area (Å²) in [5, 5.41) is 3.23. The Balaban J connectivity index is 2.21. The first-order chi connectivity index (χ1) is 9.00. The molecule has 1 saturated heterocycles. The maximum absolute atomic E-state index is 13.3. The molecule has 0 saturated carbocycles. The second kappa shape index (κ2) is 6.13. The van der Waals surface area contributed by atoms with Gasteiger partial charge in [-0.3, -0.25) is 4.79 Å². The topological polar surface area (TPSA) is 32.3 Å². The average molecular weight is 380 g/mol. The van der Waals surface area contributed by atoms with Gasteiger partial charge in [0.25, 0.3) is 5.91 Å². The van der Waals surface area contributed by atoms with Crippen LogP contribution < -0.4 is 5.32 Å². The Morgan fingerprint density at radius 3 is 2.53 bits per heavy atom. The lowest BCUT2D eigenvalue weighted by Crippen LogP contribution is -2.44. The Labute approximate surface area is 124 Å². The fraction of sp³-hybridized carbons (Fsp3) is 0.462. The minimum Gasteiger partial charge on any atom is -0.339 e. The minimum atomic E-state index is -0.984. The second-order valence-electron chi connectivity index (χ2n) is 4.64. The monoisotopic (exact) mass is 380 g/mol. The molecule has 0 aliphatic carbocycles. The van der Waals surface area contributed by atoms with Crippen LogP contribution in [0, 0.1) is 15.2 Å². The van der Waals surface area contributed by atoms with Crippen molar-refractivity contribution in [3.05, 3.63) is 32.9 Å². The van der Waals surface area contributed by atoms with Crippen molar-refractivity contribution in [2.45, 2.75) is 18.9 Å². The number of hydrogen-bond donors (Lipinski definition) is 1. The third-order valence-corrected chi connectivity index (χ3v) is 4.31. The molecule has 1 fully saturated rings. The summed E-state index contributed by atoms with van der Waals surface area (Å²) in [7, 11) is 1.72. The molecule has 1 aliphatic rings. The summed E-state index contributed by atoms with van der Waals surface area (Å²) in [6.45, 7) is 1.74. The predicted molar refractivity (Wildman–Crippen MR) is 77.1 cm³/mol. The van der Waals surface area contributed by atoms with Crippen molar-refractivity contribution in [2.24, 2.45) is 0 Å². The summed E-state index contributed by atoms with van der Waals surface area (Å²) in [5.41, 5.74) is 0.223. The van der Waals surface area contributed by atoms with E-state index in [9.17, 15) is 13.6 Å². The summed E-state index contributed by atoms with van der Waals surface area (Å²) in [6, 6.07) is 2.19.